The predicted molar refractivity (Wildman–Crippen MR) is 94.6 cm³/mol. The molecular weight excluding hydrogens is 316 g/mol. The molecule has 0 aliphatic carbocycles. The molecule has 0 radical (unpaired) electrons. The highest BCUT2D eigenvalue weighted by Gasteiger charge is 2.43. The average Bonchev–Trinajstić information content (AvgIpc) is 3.14. The number of pyridine rings is 1. The fraction of sp³-hybridized carbons (Fsp3) is 0.550. The molecule has 1 atom stereocenters. The van der Waals surface area contributed by atoms with Crippen LogP contribution in [0.1, 0.15) is 36.3 Å². The van der Waals surface area contributed by atoms with Gasteiger partial charge in [0.2, 0.25) is 0 Å². The van der Waals surface area contributed by atoms with Crippen LogP contribution in [0.4, 0.5) is 0 Å². The zero-order valence-corrected chi connectivity index (χ0v) is 15.0. The Morgan fingerprint density at radius 1 is 1.32 bits per heavy atom. The molecule has 2 saturated heterocycles. The van der Waals surface area contributed by atoms with Gasteiger partial charge in [-0.25, -0.2) is 0 Å². The summed E-state index contributed by atoms with van der Waals surface area (Å²) in [5, 5.41) is 0. The van der Waals surface area contributed by atoms with Crippen LogP contribution >= 0.6 is 0 Å². The van der Waals surface area contributed by atoms with E-state index in [1.54, 1.807) is 12.4 Å². The topological polar surface area (TPSA) is 47.7 Å². The Morgan fingerprint density at radius 3 is 2.84 bits per heavy atom. The van der Waals surface area contributed by atoms with Gasteiger partial charge in [-0.1, -0.05) is 0 Å². The van der Waals surface area contributed by atoms with Crippen LogP contribution < -0.4 is 4.74 Å². The first-order valence-electron chi connectivity index (χ1n) is 9.11. The molecule has 4 rings (SSSR count). The number of furan rings is 1. The van der Waals surface area contributed by atoms with Crippen LogP contribution in [-0.2, 0) is 11.3 Å². The third-order valence-corrected chi connectivity index (χ3v) is 5.48. The van der Waals surface area contributed by atoms with Gasteiger partial charge < -0.3 is 13.9 Å². The first kappa shape index (κ1) is 16.6. The SMILES string of the molecule is Cc1cc(CN2CCC3(CC2)C[C@H](Oc2cccnc2)CO3)oc1C. The van der Waals surface area contributed by atoms with Crippen molar-refractivity contribution in [2.24, 2.45) is 0 Å². The molecule has 2 aromatic heterocycles. The number of hydrogen-bond donors (Lipinski definition) is 0. The second kappa shape index (κ2) is 6.81. The van der Waals surface area contributed by atoms with Crippen molar-refractivity contribution in [3.63, 3.8) is 0 Å². The lowest BCUT2D eigenvalue weighted by atomic mass is 9.88. The van der Waals surface area contributed by atoms with Crippen molar-refractivity contribution in [2.45, 2.75) is 51.4 Å². The van der Waals surface area contributed by atoms with E-state index < -0.39 is 0 Å². The molecule has 5 nitrogen and oxygen atoms in total. The fourth-order valence-corrected chi connectivity index (χ4v) is 3.90. The zero-order chi connectivity index (χ0) is 17.3. The van der Waals surface area contributed by atoms with E-state index in [4.69, 9.17) is 13.9 Å². The van der Waals surface area contributed by atoms with E-state index in [1.165, 1.54) is 5.56 Å². The molecule has 0 amide bonds. The second-order valence-corrected chi connectivity index (χ2v) is 7.35. The van der Waals surface area contributed by atoms with Crippen molar-refractivity contribution in [3.8, 4) is 5.75 Å². The summed E-state index contributed by atoms with van der Waals surface area (Å²) in [5.41, 5.74) is 1.22. The quantitative estimate of drug-likeness (QED) is 0.851. The molecule has 2 fully saturated rings. The van der Waals surface area contributed by atoms with Gasteiger partial charge in [-0.15, -0.1) is 0 Å². The third kappa shape index (κ3) is 3.72. The predicted octanol–water partition coefficient (Wildman–Crippen LogP) is 3.49. The molecule has 134 valence electrons. The van der Waals surface area contributed by atoms with Crippen LogP contribution in [0, 0.1) is 13.8 Å². The maximum absolute atomic E-state index is 6.19. The van der Waals surface area contributed by atoms with Crippen molar-refractivity contribution in [3.05, 3.63) is 47.7 Å². The minimum absolute atomic E-state index is 0.0155. The molecule has 25 heavy (non-hydrogen) atoms. The van der Waals surface area contributed by atoms with E-state index in [0.29, 0.717) is 6.61 Å². The first-order chi connectivity index (χ1) is 12.1. The highest BCUT2D eigenvalue weighted by atomic mass is 16.6. The van der Waals surface area contributed by atoms with Crippen LogP contribution in [-0.4, -0.2) is 41.3 Å². The first-order valence-corrected chi connectivity index (χ1v) is 9.11. The lowest BCUT2D eigenvalue weighted by molar-refractivity contribution is -0.0463. The zero-order valence-electron chi connectivity index (χ0n) is 15.0. The molecule has 4 heterocycles. The maximum Gasteiger partial charge on any atom is 0.138 e. The van der Waals surface area contributed by atoms with E-state index in [1.807, 2.05) is 19.1 Å². The summed E-state index contributed by atoms with van der Waals surface area (Å²) in [6, 6.07) is 6.01. The van der Waals surface area contributed by atoms with E-state index in [-0.39, 0.29) is 11.7 Å². The Hall–Kier alpha value is -1.85. The number of ether oxygens (including phenoxy) is 2. The van der Waals surface area contributed by atoms with Gasteiger partial charge in [-0.3, -0.25) is 9.88 Å². The molecule has 0 bridgehead atoms. The van der Waals surface area contributed by atoms with Crippen molar-refractivity contribution >= 4 is 0 Å². The van der Waals surface area contributed by atoms with Gasteiger partial charge >= 0.3 is 0 Å². The molecule has 5 heteroatoms. The number of nitrogens with zero attached hydrogens (tertiary/aromatic N) is 2. The second-order valence-electron chi connectivity index (χ2n) is 7.35. The summed E-state index contributed by atoms with van der Waals surface area (Å²) in [5.74, 6) is 2.92. The number of aromatic nitrogens is 1. The summed E-state index contributed by atoms with van der Waals surface area (Å²) >= 11 is 0. The molecule has 2 aliphatic rings. The van der Waals surface area contributed by atoms with Crippen molar-refractivity contribution in [1.82, 2.24) is 9.88 Å². The van der Waals surface area contributed by atoms with Crippen molar-refractivity contribution in [1.29, 1.82) is 0 Å². The van der Waals surface area contributed by atoms with Crippen molar-refractivity contribution < 1.29 is 13.9 Å². The van der Waals surface area contributed by atoms with Gasteiger partial charge in [0.15, 0.2) is 0 Å². The number of piperidine rings is 1. The van der Waals surface area contributed by atoms with Crippen LogP contribution in [0.15, 0.2) is 35.0 Å². The Kier molecular flexibility index (Phi) is 4.52. The summed E-state index contributed by atoms with van der Waals surface area (Å²) < 4.78 is 18.0. The molecule has 1 spiro atoms. The minimum Gasteiger partial charge on any atom is -0.486 e. The maximum atomic E-state index is 6.19. The molecule has 0 unspecified atom stereocenters. The lowest BCUT2D eigenvalue weighted by Gasteiger charge is -2.38. The molecular formula is C20H26N2O3. The smallest absolute Gasteiger partial charge is 0.138 e. The minimum atomic E-state index is -0.0155. The summed E-state index contributed by atoms with van der Waals surface area (Å²) in [7, 11) is 0. The highest BCUT2D eigenvalue weighted by Crippen LogP contribution is 2.37. The van der Waals surface area contributed by atoms with Crippen LogP contribution in [0.5, 0.6) is 5.75 Å². The molecule has 0 N–H and O–H groups in total. The van der Waals surface area contributed by atoms with Crippen molar-refractivity contribution in [2.75, 3.05) is 19.7 Å². The summed E-state index contributed by atoms with van der Waals surface area (Å²) in [6.45, 7) is 7.77. The van der Waals surface area contributed by atoms with Gasteiger partial charge in [0, 0.05) is 25.7 Å². The van der Waals surface area contributed by atoms with Gasteiger partial charge in [0.1, 0.15) is 23.4 Å². The number of rotatable bonds is 4. The number of aryl methyl sites for hydroxylation is 2. The molecule has 2 aromatic rings. The van der Waals surface area contributed by atoms with E-state index >= 15 is 0 Å². The van der Waals surface area contributed by atoms with E-state index in [9.17, 15) is 0 Å². The van der Waals surface area contributed by atoms with Gasteiger partial charge in [0.05, 0.1) is 24.9 Å². The Morgan fingerprint density at radius 2 is 2.16 bits per heavy atom. The van der Waals surface area contributed by atoms with Gasteiger partial charge in [-0.2, -0.15) is 0 Å². The van der Waals surface area contributed by atoms with Crippen LogP contribution in [0.25, 0.3) is 0 Å². The number of hydrogen-bond acceptors (Lipinski definition) is 5. The molecule has 0 saturated carbocycles. The standard InChI is InChI=1S/C20H26N2O3/c1-15-10-18(24-16(15)2)13-22-8-5-20(6-9-22)11-19(14-23-20)25-17-4-3-7-21-12-17/h3-4,7,10,12,19H,5-6,8-9,11,13-14H2,1-2H3/t19-/m0/s1. The monoisotopic (exact) mass is 342 g/mol. The lowest BCUT2D eigenvalue weighted by Crippen LogP contribution is -2.44. The largest absolute Gasteiger partial charge is 0.486 e. The van der Waals surface area contributed by atoms with Gasteiger partial charge in [0.25, 0.3) is 0 Å². The van der Waals surface area contributed by atoms with E-state index in [0.717, 1.165) is 56.2 Å². The average molecular weight is 342 g/mol. The Labute approximate surface area is 148 Å². The van der Waals surface area contributed by atoms with E-state index in [2.05, 4.69) is 22.9 Å². The Balaban J connectivity index is 1.29. The molecule has 0 aromatic carbocycles. The normalized spacial score (nSPS) is 23.2. The summed E-state index contributed by atoms with van der Waals surface area (Å²) in [4.78, 5) is 6.57. The fourth-order valence-electron chi connectivity index (χ4n) is 3.90. The van der Waals surface area contributed by atoms with Crippen LogP contribution in [0.2, 0.25) is 0 Å². The molecule has 2 aliphatic heterocycles. The third-order valence-electron chi connectivity index (χ3n) is 5.48. The van der Waals surface area contributed by atoms with Crippen LogP contribution in [0.3, 0.4) is 0 Å². The Bertz CT molecular complexity index is 685. The summed E-state index contributed by atoms with van der Waals surface area (Å²) in [6.07, 6.45) is 6.73. The number of likely N-dealkylation sites (tertiary alicyclic amines) is 1. The highest BCUT2D eigenvalue weighted by molar-refractivity contribution is 5.19. The van der Waals surface area contributed by atoms with Gasteiger partial charge in [-0.05, 0) is 50.5 Å².